The number of nitrogens with zero attached hydrogens (tertiary/aromatic N) is 3. The predicted octanol–water partition coefficient (Wildman–Crippen LogP) is 1.61. The van der Waals surface area contributed by atoms with Crippen LogP contribution in [0, 0.1) is 0 Å². The number of hydrogen-bond acceptors (Lipinski definition) is 4. The van der Waals surface area contributed by atoms with Gasteiger partial charge in [0.2, 0.25) is 0 Å². The highest BCUT2D eigenvalue weighted by Gasteiger charge is 1.99. The highest BCUT2D eigenvalue weighted by atomic mass is 79.9. The Hall–Kier alpha value is -1.40. The molecule has 1 heterocycles. The lowest BCUT2D eigenvalue weighted by Crippen LogP contribution is -2.08. The molecule has 0 atom stereocenters. The standard InChI is InChI=1S/C11H12BrN3O2/c12-9-2-1-3-11(6-9)17-5-4-15-7-10(8-16)13-14-15/h1-3,6-7,16H,4-5,8H2. The minimum atomic E-state index is -0.0908. The van der Waals surface area contributed by atoms with Crippen LogP contribution in [-0.4, -0.2) is 26.7 Å². The topological polar surface area (TPSA) is 60.2 Å². The molecule has 0 unspecified atom stereocenters. The fourth-order valence-corrected chi connectivity index (χ4v) is 1.71. The van der Waals surface area contributed by atoms with Gasteiger partial charge in [0.05, 0.1) is 19.3 Å². The molecule has 6 heteroatoms. The summed E-state index contributed by atoms with van der Waals surface area (Å²) >= 11 is 3.38. The largest absolute Gasteiger partial charge is 0.492 e. The summed E-state index contributed by atoms with van der Waals surface area (Å²) in [7, 11) is 0. The van der Waals surface area contributed by atoms with Crippen molar-refractivity contribution in [2.75, 3.05) is 6.61 Å². The zero-order valence-electron chi connectivity index (χ0n) is 9.08. The molecule has 17 heavy (non-hydrogen) atoms. The van der Waals surface area contributed by atoms with Crippen LogP contribution in [-0.2, 0) is 13.2 Å². The van der Waals surface area contributed by atoms with Crippen LogP contribution in [0.25, 0.3) is 0 Å². The van der Waals surface area contributed by atoms with Crippen LogP contribution in [0.3, 0.4) is 0 Å². The molecule has 1 aromatic carbocycles. The van der Waals surface area contributed by atoms with Crippen LogP contribution in [0.2, 0.25) is 0 Å². The van der Waals surface area contributed by atoms with Crippen LogP contribution in [0.4, 0.5) is 0 Å². The van der Waals surface area contributed by atoms with Gasteiger partial charge < -0.3 is 9.84 Å². The van der Waals surface area contributed by atoms with Crippen molar-refractivity contribution in [1.82, 2.24) is 15.0 Å². The Morgan fingerprint density at radius 2 is 2.29 bits per heavy atom. The lowest BCUT2D eigenvalue weighted by atomic mass is 10.3. The number of aromatic nitrogens is 3. The Kier molecular flexibility index (Phi) is 4.11. The number of halogens is 1. The first-order valence-corrected chi connectivity index (χ1v) is 5.95. The summed E-state index contributed by atoms with van der Waals surface area (Å²) in [5.74, 6) is 0.807. The minimum absolute atomic E-state index is 0.0908. The summed E-state index contributed by atoms with van der Waals surface area (Å²) in [5, 5.41) is 16.5. The average Bonchev–Trinajstić information content (AvgIpc) is 2.77. The van der Waals surface area contributed by atoms with Crippen LogP contribution < -0.4 is 4.74 Å². The second-order valence-electron chi connectivity index (χ2n) is 3.44. The molecular weight excluding hydrogens is 286 g/mol. The molecule has 0 saturated carbocycles. The predicted molar refractivity (Wildman–Crippen MR) is 65.6 cm³/mol. The van der Waals surface area contributed by atoms with Gasteiger partial charge in [-0.25, -0.2) is 4.68 Å². The molecule has 90 valence electrons. The molecule has 0 spiro atoms. The van der Waals surface area contributed by atoms with E-state index in [9.17, 15) is 0 Å². The fourth-order valence-electron chi connectivity index (χ4n) is 1.33. The van der Waals surface area contributed by atoms with Crippen molar-refractivity contribution in [3.8, 4) is 5.75 Å². The van der Waals surface area contributed by atoms with Gasteiger partial charge in [-0.3, -0.25) is 0 Å². The summed E-state index contributed by atoms with van der Waals surface area (Å²) in [6.07, 6.45) is 1.70. The van der Waals surface area contributed by atoms with Gasteiger partial charge >= 0.3 is 0 Å². The maximum atomic E-state index is 8.83. The van der Waals surface area contributed by atoms with E-state index in [4.69, 9.17) is 9.84 Å². The monoisotopic (exact) mass is 297 g/mol. The van der Waals surface area contributed by atoms with E-state index in [0.29, 0.717) is 18.8 Å². The highest BCUT2D eigenvalue weighted by molar-refractivity contribution is 9.10. The van der Waals surface area contributed by atoms with Crippen molar-refractivity contribution in [1.29, 1.82) is 0 Å². The molecule has 0 amide bonds. The second kappa shape index (κ2) is 5.79. The number of rotatable bonds is 5. The van der Waals surface area contributed by atoms with Crippen molar-refractivity contribution in [3.63, 3.8) is 0 Å². The Morgan fingerprint density at radius 3 is 3.00 bits per heavy atom. The smallest absolute Gasteiger partial charge is 0.120 e. The molecule has 2 rings (SSSR count). The summed E-state index contributed by atoms with van der Waals surface area (Å²) < 4.78 is 8.18. The lowest BCUT2D eigenvalue weighted by Gasteiger charge is -2.05. The number of benzene rings is 1. The molecule has 5 nitrogen and oxygen atoms in total. The van der Waals surface area contributed by atoms with Crippen LogP contribution >= 0.6 is 15.9 Å². The Morgan fingerprint density at radius 1 is 1.41 bits per heavy atom. The van der Waals surface area contributed by atoms with E-state index in [2.05, 4.69) is 26.2 Å². The zero-order valence-corrected chi connectivity index (χ0v) is 10.7. The lowest BCUT2D eigenvalue weighted by molar-refractivity contribution is 0.276. The molecule has 1 aromatic heterocycles. The van der Waals surface area contributed by atoms with Crippen molar-refractivity contribution >= 4 is 15.9 Å². The van der Waals surface area contributed by atoms with Crippen molar-refractivity contribution in [2.45, 2.75) is 13.2 Å². The minimum Gasteiger partial charge on any atom is -0.492 e. The van der Waals surface area contributed by atoms with Crippen LogP contribution in [0.15, 0.2) is 34.9 Å². The van der Waals surface area contributed by atoms with Crippen LogP contribution in [0.1, 0.15) is 5.69 Å². The van der Waals surface area contributed by atoms with Gasteiger partial charge in [-0.05, 0) is 18.2 Å². The third-order valence-electron chi connectivity index (χ3n) is 2.13. The molecule has 0 fully saturated rings. The SMILES string of the molecule is OCc1cn(CCOc2cccc(Br)c2)nn1. The van der Waals surface area contributed by atoms with E-state index in [-0.39, 0.29) is 6.61 Å². The average molecular weight is 298 g/mol. The molecule has 0 saturated heterocycles. The maximum absolute atomic E-state index is 8.83. The highest BCUT2D eigenvalue weighted by Crippen LogP contribution is 2.17. The summed E-state index contributed by atoms with van der Waals surface area (Å²) in [4.78, 5) is 0. The van der Waals surface area contributed by atoms with Gasteiger partial charge in [-0.2, -0.15) is 0 Å². The Bertz CT molecular complexity index is 487. The van der Waals surface area contributed by atoms with Crippen molar-refractivity contribution in [3.05, 3.63) is 40.6 Å². The van der Waals surface area contributed by atoms with E-state index in [1.165, 1.54) is 0 Å². The quantitative estimate of drug-likeness (QED) is 0.911. The van der Waals surface area contributed by atoms with E-state index >= 15 is 0 Å². The fraction of sp³-hybridized carbons (Fsp3) is 0.273. The van der Waals surface area contributed by atoms with E-state index < -0.39 is 0 Å². The summed E-state index contributed by atoms with van der Waals surface area (Å²) in [5.41, 5.74) is 0.562. The number of aliphatic hydroxyl groups excluding tert-OH is 1. The molecular formula is C11H12BrN3O2. The molecule has 0 aliphatic heterocycles. The van der Waals surface area contributed by atoms with E-state index in [1.54, 1.807) is 10.9 Å². The zero-order chi connectivity index (χ0) is 12.1. The Balaban J connectivity index is 1.83. The molecule has 1 N–H and O–H groups in total. The molecule has 0 aliphatic carbocycles. The third kappa shape index (κ3) is 3.54. The first kappa shape index (κ1) is 12.1. The van der Waals surface area contributed by atoms with E-state index in [0.717, 1.165) is 10.2 Å². The van der Waals surface area contributed by atoms with Gasteiger partial charge in [-0.15, -0.1) is 5.10 Å². The first-order chi connectivity index (χ1) is 8.28. The number of hydrogen-bond donors (Lipinski definition) is 1. The van der Waals surface area contributed by atoms with Gasteiger partial charge in [-0.1, -0.05) is 27.2 Å². The normalized spacial score (nSPS) is 10.5. The van der Waals surface area contributed by atoms with E-state index in [1.807, 2.05) is 24.3 Å². The van der Waals surface area contributed by atoms with Crippen molar-refractivity contribution < 1.29 is 9.84 Å². The summed E-state index contributed by atoms with van der Waals surface area (Å²) in [6, 6.07) is 7.66. The van der Waals surface area contributed by atoms with Gasteiger partial charge in [0.25, 0.3) is 0 Å². The first-order valence-electron chi connectivity index (χ1n) is 5.16. The van der Waals surface area contributed by atoms with Gasteiger partial charge in [0.15, 0.2) is 0 Å². The van der Waals surface area contributed by atoms with Crippen molar-refractivity contribution in [2.24, 2.45) is 0 Å². The Labute approximate surface area is 107 Å². The molecule has 2 aromatic rings. The number of ether oxygens (including phenoxy) is 1. The molecule has 0 radical (unpaired) electrons. The third-order valence-corrected chi connectivity index (χ3v) is 2.63. The molecule has 0 bridgehead atoms. The van der Waals surface area contributed by atoms with Gasteiger partial charge in [0, 0.05) is 4.47 Å². The second-order valence-corrected chi connectivity index (χ2v) is 4.35. The maximum Gasteiger partial charge on any atom is 0.120 e. The molecule has 0 aliphatic rings. The van der Waals surface area contributed by atoms with Crippen LogP contribution in [0.5, 0.6) is 5.75 Å². The summed E-state index contributed by atoms with van der Waals surface area (Å²) in [6.45, 7) is 1.01. The van der Waals surface area contributed by atoms with Gasteiger partial charge in [0.1, 0.15) is 18.1 Å². The number of aliphatic hydroxyl groups is 1.